The lowest BCUT2D eigenvalue weighted by molar-refractivity contribution is -0.139. The summed E-state index contributed by atoms with van der Waals surface area (Å²) in [6.07, 6.45) is 1.71. The van der Waals surface area contributed by atoms with Crippen LogP contribution in [0.5, 0.6) is 0 Å². The molecule has 0 saturated carbocycles. The molecule has 100 valence electrons. The van der Waals surface area contributed by atoms with Gasteiger partial charge in [-0.25, -0.2) is 0 Å². The highest BCUT2D eigenvalue weighted by molar-refractivity contribution is 6.35. The maximum absolute atomic E-state index is 11.3. The predicted molar refractivity (Wildman–Crippen MR) is 66.6 cm³/mol. The second-order valence-corrected chi connectivity index (χ2v) is 4.31. The van der Waals surface area contributed by atoms with E-state index in [1.807, 2.05) is 27.7 Å². The molecule has 0 spiro atoms. The standard InChI is InChI=1S/C12H24N2O3/c1-5-10(4)14-12(16)11(15)13-7-6-8-17-9(2)3/h9-10H,5-8H2,1-4H3,(H,13,15)(H,14,16). The molecule has 17 heavy (non-hydrogen) atoms. The third kappa shape index (κ3) is 8.68. The molecule has 2 amide bonds. The maximum atomic E-state index is 11.3. The van der Waals surface area contributed by atoms with Gasteiger partial charge in [0.2, 0.25) is 0 Å². The predicted octanol–water partition coefficient (Wildman–Crippen LogP) is 0.832. The van der Waals surface area contributed by atoms with Gasteiger partial charge < -0.3 is 15.4 Å². The molecular weight excluding hydrogens is 220 g/mol. The number of hydrogen-bond acceptors (Lipinski definition) is 3. The zero-order valence-electron chi connectivity index (χ0n) is 11.2. The van der Waals surface area contributed by atoms with Gasteiger partial charge in [0.1, 0.15) is 0 Å². The average molecular weight is 244 g/mol. The highest BCUT2D eigenvalue weighted by Crippen LogP contribution is 1.90. The SMILES string of the molecule is CCC(C)NC(=O)C(=O)NCCCOC(C)C. The first-order chi connectivity index (χ1) is 7.97. The van der Waals surface area contributed by atoms with Crippen molar-refractivity contribution in [1.29, 1.82) is 0 Å². The highest BCUT2D eigenvalue weighted by Gasteiger charge is 2.14. The van der Waals surface area contributed by atoms with Crippen molar-refractivity contribution < 1.29 is 14.3 Å². The van der Waals surface area contributed by atoms with Crippen molar-refractivity contribution in [3.05, 3.63) is 0 Å². The minimum absolute atomic E-state index is 0.0255. The van der Waals surface area contributed by atoms with Crippen LogP contribution in [0.1, 0.15) is 40.5 Å². The fourth-order valence-corrected chi connectivity index (χ4v) is 1.06. The van der Waals surface area contributed by atoms with Crippen molar-refractivity contribution in [2.75, 3.05) is 13.2 Å². The Morgan fingerprint density at radius 2 is 1.82 bits per heavy atom. The first-order valence-electron chi connectivity index (χ1n) is 6.17. The Kier molecular flexibility index (Phi) is 8.40. The largest absolute Gasteiger partial charge is 0.379 e. The molecule has 0 aliphatic heterocycles. The second-order valence-electron chi connectivity index (χ2n) is 4.31. The molecule has 1 unspecified atom stereocenters. The molecule has 0 aromatic rings. The van der Waals surface area contributed by atoms with E-state index in [2.05, 4.69) is 10.6 Å². The molecular formula is C12H24N2O3. The molecule has 0 fully saturated rings. The number of carbonyl (C=O) groups is 2. The zero-order chi connectivity index (χ0) is 13.3. The Hall–Kier alpha value is -1.10. The van der Waals surface area contributed by atoms with Crippen molar-refractivity contribution in [2.24, 2.45) is 0 Å². The minimum atomic E-state index is -0.574. The molecule has 1 atom stereocenters. The van der Waals surface area contributed by atoms with Gasteiger partial charge in [0, 0.05) is 19.2 Å². The molecule has 0 bridgehead atoms. The van der Waals surface area contributed by atoms with Crippen LogP contribution >= 0.6 is 0 Å². The van der Waals surface area contributed by atoms with Crippen molar-refractivity contribution in [1.82, 2.24) is 10.6 Å². The second kappa shape index (κ2) is 8.98. The summed E-state index contributed by atoms with van der Waals surface area (Å²) in [5.74, 6) is -1.14. The van der Waals surface area contributed by atoms with E-state index in [4.69, 9.17) is 4.74 Å². The van der Waals surface area contributed by atoms with E-state index in [0.717, 1.165) is 6.42 Å². The van der Waals surface area contributed by atoms with Crippen LogP contribution in [-0.4, -0.2) is 37.1 Å². The lowest BCUT2D eigenvalue weighted by Crippen LogP contribution is -2.43. The van der Waals surface area contributed by atoms with Crippen LogP contribution in [0, 0.1) is 0 Å². The summed E-state index contributed by atoms with van der Waals surface area (Å²) in [5.41, 5.74) is 0. The van der Waals surface area contributed by atoms with Crippen LogP contribution in [0.25, 0.3) is 0 Å². The molecule has 5 heteroatoms. The number of amides is 2. The zero-order valence-corrected chi connectivity index (χ0v) is 11.2. The van der Waals surface area contributed by atoms with Gasteiger partial charge in [-0.05, 0) is 33.6 Å². The Morgan fingerprint density at radius 1 is 1.18 bits per heavy atom. The average Bonchev–Trinajstić information content (AvgIpc) is 2.27. The number of ether oxygens (including phenoxy) is 1. The van der Waals surface area contributed by atoms with Gasteiger partial charge in [-0.15, -0.1) is 0 Å². The van der Waals surface area contributed by atoms with Crippen molar-refractivity contribution in [3.8, 4) is 0 Å². The van der Waals surface area contributed by atoms with Gasteiger partial charge in [0.15, 0.2) is 0 Å². The van der Waals surface area contributed by atoms with Gasteiger partial charge in [-0.3, -0.25) is 9.59 Å². The molecule has 0 heterocycles. The van der Waals surface area contributed by atoms with E-state index in [9.17, 15) is 9.59 Å². The van der Waals surface area contributed by atoms with E-state index in [1.54, 1.807) is 0 Å². The molecule has 5 nitrogen and oxygen atoms in total. The maximum Gasteiger partial charge on any atom is 0.309 e. The molecule has 0 aliphatic carbocycles. The molecule has 0 radical (unpaired) electrons. The summed E-state index contributed by atoms with van der Waals surface area (Å²) in [6, 6.07) is 0.0255. The van der Waals surface area contributed by atoms with Gasteiger partial charge in [-0.2, -0.15) is 0 Å². The first-order valence-corrected chi connectivity index (χ1v) is 6.17. The Bertz CT molecular complexity index is 242. The fourth-order valence-electron chi connectivity index (χ4n) is 1.06. The number of rotatable bonds is 7. The molecule has 0 aromatic carbocycles. The summed E-state index contributed by atoms with van der Waals surface area (Å²) in [7, 11) is 0. The van der Waals surface area contributed by atoms with Gasteiger partial charge in [0.25, 0.3) is 0 Å². The third-order valence-electron chi connectivity index (χ3n) is 2.25. The number of nitrogens with one attached hydrogen (secondary N) is 2. The molecule has 0 aromatic heterocycles. The van der Waals surface area contributed by atoms with Gasteiger partial charge >= 0.3 is 11.8 Å². The van der Waals surface area contributed by atoms with Crippen LogP contribution in [0.15, 0.2) is 0 Å². The summed E-state index contributed by atoms with van der Waals surface area (Å²) in [4.78, 5) is 22.7. The monoisotopic (exact) mass is 244 g/mol. The lowest BCUT2D eigenvalue weighted by Gasteiger charge is -2.11. The van der Waals surface area contributed by atoms with Crippen LogP contribution in [0.3, 0.4) is 0 Å². The minimum Gasteiger partial charge on any atom is -0.379 e. The number of carbonyl (C=O) groups excluding carboxylic acids is 2. The molecule has 0 rings (SSSR count). The van der Waals surface area contributed by atoms with E-state index in [0.29, 0.717) is 19.6 Å². The summed E-state index contributed by atoms with van der Waals surface area (Å²) in [5, 5.41) is 5.16. The molecule has 2 N–H and O–H groups in total. The lowest BCUT2D eigenvalue weighted by atomic mass is 10.2. The van der Waals surface area contributed by atoms with Crippen LogP contribution < -0.4 is 10.6 Å². The van der Waals surface area contributed by atoms with E-state index in [-0.39, 0.29) is 12.1 Å². The normalized spacial score (nSPS) is 12.3. The smallest absolute Gasteiger partial charge is 0.309 e. The van der Waals surface area contributed by atoms with Gasteiger partial charge in [-0.1, -0.05) is 6.92 Å². The summed E-state index contributed by atoms with van der Waals surface area (Å²) < 4.78 is 5.31. The van der Waals surface area contributed by atoms with Crippen LogP contribution in [0.4, 0.5) is 0 Å². The van der Waals surface area contributed by atoms with Crippen molar-refractivity contribution >= 4 is 11.8 Å². The van der Waals surface area contributed by atoms with Gasteiger partial charge in [0.05, 0.1) is 6.10 Å². The Balaban J connectivity index is 3.61. The quantitative estimate of drug-likeness (QED) is 0.515. The van der Waals surface area contributed by atoms with Crippen LogP contribution in [0.2, 0.25) is 0 Å². The topological polar surface area (TPSA) is 67.4 Å². The summed E-state index contributed by atoms with van der Waals surface area (Å²) >= 11 is 0. The molecule has 0 saturated heterocycles. The van der Waals surface area contributed by atoms with E-state index < -0.39 is 11.8 Å². The Labute approximate surface area is 103 Å². The highest BCUT2D eigenvalue weighted by atomic mass is 16.5. The third-order valence-corrected chi connectivity index (χ3v) is 2.25. The van der Waals surface area contributed by atoms with E-state index >= 15 is 0 Å². The molecule has 0 aliphatic rings. The van der Waals surface area contributed by atoms with Crippen molar-refractivity contribution in [3.63, 3.8) is 0 Å². The number of hydrogen-bond donors (Lipinski definition) is 2. The van der Waals surface area contributed by atoms with E-state index in [1.165, 1.54) is 0 Å². The van der Waals surface area contributed by atoms with Crippen LogP contribution in [-0.2, 0) is 14.3 Å². The Morgan fingerprint density at radius 3 is 2.35 bits per heavy atom. The fraction of sp³-hybridized carbons (Fsp3) is 0.833. The first kappa shape index (κ1) is 15.9. The van der Waals surface area contributed by atoms with Crippen molar-refractivity contribution in [2.45, 2.75) is 52.7 Å². The summed E-state index contributed by atoms with van der Waals surface area (Å²) in [6.45, 7) is 8.77.